The summed E-state index contributed by atoms with van der Waals surface area (Å²) in [5.41, 5.74) is 2.84. The zero-order valence-electron chi connectivity index (χ0n) is 14.8. The molecule has 5 nitrogen and oxygen atoms in total. The van der Waals surface area contributed by atoms with E-state index in [1.165, 1.54) is 11.8 Å². The predicted octanol–water partition coefficient (Wildman–Crippen LogP) is 4.03. The van der Waals surface area contributed by atoms with Crippen LogP contribution < -0.4 is 10.1 Å². The van der Waals surface area contributed by atoms with Crippen molar-refractivity contribution in [2.75, 3.05) is 7.11 Å². The fraction of sp³-hybridized carbons (Fsp3) is 0.263. The summed E-state index contributed by atoms with van der Waals surface area (Å²) in [6.07, 6.45) is 0. The first kappa shape index (κ1) is 18.6. The highest BCUT2D eigenvalue weighted by Crippen LogP contribution is 2.27. The van der Waals surface area contributed by atoms with E-state index in [0.717, 1.165) is 27.5 Å². The normalized spacial score (nSPS) is 12.2. The van der Waals surface area contributed by atoms with Gasteiger partial charge in [0.25, 0.3) is 0 Å². The average molecular weight is 390 g/mol. The Morgan fingerprint density at radius 3 is 2.73 bits per heavy atom. The summed E-state index contributed by atoms with van der Waals surface area (Å²) in [5, 5.41) is 4.13. The minimum atomic E-state index is -0.265. The highest BCUT2D eigenvalue weighted by molar-refractivity contribution is 8.00. The molecule has 0 spiro atoms. The SMILES string of the molecule is COc1ccc(CNC(=O)C(C)Sc2nc3cc(Cl)ccc3n2C)cc1. The van der Waals surface area contributed by atoms with Gasteiger partial charge in [-0.25, -0.2) is 4.98 Å². The first-order valence-electron chi connectivity index (χ1n) is 8.17. The number of imidazole rings is 1. The van der Waals surface area contributed by atoms with E-state index in [-0.39, 0.29) is 11.2 Å². The molecule has 1 N–H and O–H groups in total. The van der Waals surface area contributed by atoms with Crippen molar-refractivity contribution in [3.63, 3.8) is 0 Å². The van der Waals surface area contributed by atoms with Crippen molar-refractivity contribution in [3.05, 3.63) is 53.1 Å². The van der Waals surface area contributed by atoms with Crippen LogP contribution in [-0.4, -0.2) is 27.8 Å². The van der Waals surface area contributed by atoms with E-state index >= 15 is 0 Å². The molecule has 3 aromatic rings. The fourth-order valence-electron chi connectivity index (χ4n) is 2.54. The standard InChI is InChI=1S/C19H20ClN3O2S/c1-12(18(24)21-11-13-4-7-15(25-3)8-5-13)26-19-22-16-10-14(20)6-9-17(16)23(19)2/h4-10,12H,11H2,1-3H3,(H,21,24). The summed E-state index contributed by atoms with van der Waals surface area (Å²) in [5.74, 6) is 0.766. The van der Waals surface area contributed by atoms with Crippen LogP contribution in [0.15, 0.2) is 47.6 Å². The molecule has 7 heteroatoms. The molecule has 0 bridgehead atoms. The molecule has 0 aliphatic carbocycles. The Hall–Kier alpha value is -2.18. The Morgan fingerprint density at radius 1 is 1.31 bits per heavy atom. The fourth-order valence-corrected chi connectivity index (χ4v) is 3.62. The molecule has 0 saturated heterocycles. The van der Waals surface area contributed by atoms with E-state index in [0.29, 0.717) is 11.6 Å². The number of aryl methyl sites for hydroxylation is 1. The number of methoxy groups -OCH3 is 1. The first-order valence-corrected chi connectivity index (χ1v) is 9.43. The topological polar surface area (TPSA) is 56.1 Å². The maximum atomic E-state index is 12.4. The van der Waals surface area contributed by atoms with Gasteiger partial charge in [0.05, 0.1) is 23.4 Å². The monoisotopic (exact) mass is 389 g/mol. The third kappa shape index (κ3) is 4.14. The Kier molecular flexibility index (Phi) is 5.74. The minimum Gasteiger partial charge on any atom is -0.497 e. The lowest BCUT2D eigenvalue weighted by molar-refractivity contribution is -0.120. The van der Waals surface area contributed by atoms with Crippen LogP contribution in [0.25, 0.3) is 11.0 Å². The Labute approximate surface area is 161 Å². The summed E-state index contributed by atoms with van der Waals surface area (Å²) in [7, 11) is 3.57. The molecule has 0 saturated carbocycles. The lowest BCUT2D eigenvalue weighted by Crippen LogP contribution is -2.30. The van der Waals surface area contributed by atoms with Crippen LogP contribution in [0.2, 0.25) is 5.02 Å². The number of rotatable bonds is 6. The highest BCUT2D eigenvalue weighted by atomic mass is 35.5. The third-order valence-electron chi connectivity index (χ3n) is 4.08. The van der Waals surface area contributed by atoms with Crippen molar-refractivity contribution in [2.24, 2.45) is 7.05 Å². The van der Waals surface area contributed by atoms with Crippen molar-refractivity contribution >= 4 is 40.3 Å². The van der Waals surface area contributed by atoms with Gasteiger partial charge in [0.15, 0.2) is 5.16 Å². The summed E-state index contributed by atoms with van der Waals surface area (Å²) in [6.45, 7) is 2.35. The van der Waals surface area contributed by atoms with E-state index in [1.54, 1.807) is 7.11 Å². The Morgan fingerprint density at radius 2 is 2.04 bits per heavy atom. The molecule has 1 atom stereocenters. The zero-order valence-corrected chi connectivity index (χ0v) is 16.4. The molecule has 0 radical (unpaired) electrons. The Balaban J connectivity index is 1.62. The van der Waals surface area contributed by atoms with Crippen molar-refractivity contribution in [2.45, 2.75) is 23.9 Å². The molecule has 2 aromatic carbocycles. The molecule has 1 unspecified atom stereocenters. The van der Waals surface area contributed by atoms with Gasteiger partial charge in [0.1, 0.15) is 5.75 Å². The second-order valence-electron chi connectivity index (χ2n) is 5.91. The number of nitrogens with zero attached hydrogens (tertiary/aromatic N) is 2. The molecule has 1 heterocycles. The largest absolute Gasteiger partial charge is 0.497 e. The lowest BCUT2D eigenvalue weighted by atomic mass is 10.2. The van der Waals surface area contributed by atoms with Gasteiger partial charge < -0.3 is 14.6 Å². The van der Waals surface area contributed by atoms with Crippen molar-refractivity contribution in [1.29, 1.82) is 0 Å². The number of hydrogen-bond acceptors (Lipinski definition) is 4. The number of aromatic nitrogens is 2. The van der Waals surface area contributed by atoms with Crippen LogP contribution in [0.5, 0.6) is 5.75 Å². The molecule has 1 aromatic heterocycles. The molecule has 26 heavy (non-hydrogen) atoms. The molecular formula is C19H20ClN3O2S. The maximum Gasteiger partial charge on any atom is 0.233 e. The third-order valence-corrected chi connectivity index (χ3v) is 5.46. The molecule has 1 amide bonds. The van der Waals surface area contributed by atoms with E-state index in [4.69, 9.17) is 16.3 Å². The average Bonchev–Trinajstić information content (AvgIpc) is 2.94. The van der Waals surface area contributed by atoms with Gasteiger partial charge in [-0.1, -0.05) is 35.5 Å². The van der Waals surface area contributed by atoms with Crippen LogP contribution in [0.1, 0.15) is 12.5 Å². The second kappa shape index (κ2) is 8.01. The number of carbonyl (C=O) groups is 1. The second-order valence-corrected chi connectivity index (χ2v) is 7.66. The van der Waals surface area contributed by atoms with Crippen molar-refractivity contribution in [3.8, 4) is 5.75 Å². The Bertz CT molecular complexity index is 924. The van der Waals surface area contributed by atoms with E-state index in [1.807, 2.05) is 61.0 Å². The highest BCUT2D eigenvalue weighted by Gasteiger charge is 2.18. The van der Waals surface area contributed by atoms with Crippen LogP contribution in [0.4, 0.5) is 0 Å². The number of benzene rings is 2. The number of ether oxygens (including phenoxy) is 1. The van der Waals surface area contributed by atoms with Gasteiger partial charge in [0.2, 0.25) is 5.91 Å². The lowest BCUT2D eigenvalue weighted by Gasteiger charge is -2.12. The summed E-state index contributed by atoms with van der Waals surface area (Å²) in [6, 6.07) is 13.2. The minimum absolute atomic E-state index is 0.0316. The van der Waals surface area contributed by atoms with Crippen LogP contribution in [0, 0.1) is 0 Å². The van der Waals surface area contributed by atoms with E-state index in [9.17, 15) is 4.79 Å². The van der Waals surface area contributed by atoms with Crippen LogP contribution in [0.3, 0.4) is 0 Å². The quantitative estimate of drug-likeness (QED) is 0.646. The van der Waals surface area contributed by atoms with Gasteiger partial charge in [-0.15, -0.1) is 0 Å². The summed E-state index contributed by atoms with van der Waals surface area (Å²) >= 11 is 7.45. The molecule has 3 rings (SSSR count). The van der Waals surface area contributed by atoms with Crippen molar-refractivity contribution in [1.82, 2.24) is 14.9 Å². The van der Waals surface area contributed by atoms with Crippen LogP contribution in [-0.2, 0) is 18.4 Å². The van der Waals surface area contributed by atoms with Gasteiger partial charge in [-0.05, 0) is 42.8 Å². The van der Waals surface area contributed by atoms with Gasteiger partial charge in [-0.2, -0.15) is 0 Å². The molecule has 136 valence electrons. The molecular weight excluding hydrogens is 370 g/mol. The number of halogens is 1. The number of nitrogens with one attached hydrogen (secondary N) is 1. The number of carbonyl (C=O) groups excluding carboxylic acids is 1. The molecule has 0 fully saturated rings. The first-order chi connectivity index (χ1) is 12.5. The van der Waals surface area contributed by atoms with Crippen molar-refractivity contribution < 1.29 is 9.53 Å². The number of fused-ring (bicyclic) bond motifs is 1. The summed E-state index contributed by atoms with van der Waals surface area (Å²) < 4.78 is 7.11. The van der Waals surface area contributed by atoms with E-state index < -0.39 is 0 Å². The number of amides is 1. The molecule has 0 aliphatic heterocycles. The van der Waals surface area contributed by atoms with Crippen LogP contribution >= 0.6 is 23.4 Å². The van der Waals surface area contributed by atoms with Gasteiger partial charge in [-0.3, -0.25) is 4.79 Å². The predicted molar refractivity (Wildman–Crippen MR) is 106 cm³/mol. The summed E-state index contributed by atoms with van der Waals surface area (Å²) in [4.78, 5) is 17.0. The zero-order chi connectivity index (χ0) is 18.7. The maximum absolute atomic E-state index is 12.4. The van der Waals surface area contributed by atoms with E-state index in [2.05, 4.69) is 10.3 Å². The number of hydrogen-bond donors (Lipinski definition) is 1. The van der Waals surface area contributed by atoms with Gasteiger partial charge in [0, 0.05) is 18.6 Å². The molecule has 0 aliphatic rings. The van der Waals surface area contributed by atoms with Gasteiger partial charge >= 0.3 is 0 Å². The number of thioether (sulfide) groups is 1. The smallest absolute Gasteiger partial charge is 0.233 e.